The predicted molar refractivity (Wildman–Crippen MR) is 84.2 cm³/mol. The molecule has 0 saturated heterocycles. The lowest BCUT2D eigenvalue weighted by molar-refractivity contribution is 0.510. The second-order valence-corrected chi connectivity index (χ2v) is 5.79. The molecule has 0 aliphatic heterocycles. The average Bonchev–Trinajstić information content (AvgIpc) is 2.18. The van der Waals surface area contributed by atoms with E-state index >= 15 is 0 Å². The molecule has 18 heavy (non-hydrogen) atoms. The van der Waals surface area contributed by atoms with Crippen LogP contribution in [-0.2, 0) is 10.8 Å². The number of hydrogen-bond donors (Lipinski definition) is 0. The number of aromatic nitrogens is 2. The van der Waals surface area contributed by atoms with E-state index in [0.29, 0.717) is 0 Å². The Morgan fingerprint density at radius 3 is 1.56 bits per heavy atom. The highest BCUT2D eigenvalue weighted by Crippen LogP contribution is 2.31. The van der Waals surface area contributed by atoms with Crippen molar-refractivity contribution in [1.82, 2.24) is 9.97 Å². The summed E-state index contributed by atoms with van der Waals surface area (Å²) < 4.78 is 0. The molecule has 0 saturated carbocycles. The summed E-state index contributed by atoms with van der Waals surface area (Å²) in [4.78, 5) is 8.52. The van der Waals surface area contributed by atoms with Crippen molar-refractivity contribution in [3.8, 4) is 0 Å². The van der Waals surface area contributed by atoms with Crippen molar-refractivity contribution < 1.29 is 0 Å². The first-order chi connectivity index (χ1) is 7.23. The van der Waals surface area contributed by atoms with Gasteiger partial charge in [-0.2, -0.15) is 0 Å². The Labute approximate surface area is 115 Å². The first-order valence-electron chi connectivity index (χ1n) is 6.04. The molecular formula is C16H34N2. The third-order valence-corrected chi connectivity index (χ3v) is 2.23. The summed E-state index contributed by atoms with van der Waals surface area (Å²) in [6.45, 7) is 17.1. The Hall–Kier alpha value is -0.920. The van der Waals surface area contributed by atoms with Crippen LogP contribution in [0.5, 0.6) is 0 Å². The van der Waals surface area contributed by atoms with Gasteiger partial charge in [0.25, 0.3) is 0 Å². The van der Waals surface area contributed by atoms with Crippen LogP contribution in [0.3, 0.4) is 0 Å². The largest absolute Gasteiger partial charge is 0.244 e. The molecule has 0 atom stereocenters. The second-order valence-electron chi connectivity index (χ2n) is 5.79. The number of hydrogen-bond acceptors (Lipinski definition) is 2. The van der Waals surface area contributed by atoms with Crippen LogP contribution in [0, 0.1) is 0 Å². The standard InChI is InChI=1S/C12H20N2.C2H6.2CH4/c1-11(2,3)9-7-13-8-14-10(9)12(4,5)6;1-2;;/h7-8H,1-6H3;1-2H3;2*1H4. The molecule has 0 bridgehead atoms. The van der Waals surface area contributed by atoms with Crippen molar-refractivity contribution in [2.45, 2.75) is 81.1 Å². The lowest BCUT2D eigenvalue weighted by Gasteiger charge is -2.27. The van der Waals surface area contributed by atoms with E-state index in [0.717, 1.165) is 5.69 Å². The second kappa shape index (κ2) is 8.23. The summed E-state index contributed by atoms with van der Waals surface area (Å²) in [5, 5.41) is 0. The van der Waals surface area contributed by atoms with E-state index in [1.807, 2.05) is 20.0 Å². The smallest absolute Gasteiger partial charge is 0.115 e. The molecule has 0 unspecified atom stereocenters. The van der Waals surface area contributed by atoms with Crippen molar-refractivity contribution in [1.29, 1.82) is 0 Å². The Kier molecular flexibility index (Phi) is 10.2. The summed E-state index contributed by atoms with van der Waals surface area (Å²) in [5.74, 6) is 0. The van der Waals surface area contributed by atoms with E-state index in [1.165, 1.54) is 5.56 Å². The first kappa shape index (κ1) is 22.3. The molecule has 0 amide bonds. The fraction of sp³-hybridized carbons (Fsp3) is 0.750. The summed E-state index contributed by atoms with van der Waals surface area (Å²) >= 11 is 0. The SMILES string of the molecule is C.C.CC.CC(C)(C)c1cncnc1C(C)(C)C. The van der Waals surface area contributed by atoms with Gasteiger partial charge in [-0.15, -0.1) is 0 Å². The summed E-state index contributed by atoms with van der Waals surface area (Å²) in [6, 6.07) is 0. The highest BCUT2D eigenvalue weighted by atomic mass is 14.8. The molecule has 0 aromatic carbocycles. The lowest BCUT2D eigenvalue weighted by atomic mass is 9.79. The Morgan fingerprint density at radius 2 is 1.28 bits per heavy atom. The van der Waals surface area contributed by atoms with Crippen LogP contribution in [0.4, 0.5) is 0 Å². The monoisotopic (exact) mass is 254 g/mol. The zero-order valence-corrected chi connectivity index (χ0v) is 12.0. The molecule has 1 rings (SSSR count). The molecule has 1 aromatic rings. The van der Waals surface area contributed by atoms with Crippen molar-refractivity contribution >= 4 is 0 Å². The Morgan fingerprint density at radius 1 is 0.833 bits per heavy atom. The van der Waals surface area contributed by atoms with Gasteiger partial charge in [0.05, 0.1) is 5.69 Å². The third-order valence-electron chi connectivity index (χ3n) is 2.23. The quantitative estimate of drug-likeness (QED) is 0.622. The number of nitrogens with zero attached hydrogens (tertiary/aromatic N) is 2. The summed E-state index contributed by atoms with van der Waals surface area (Å²) in [6.07, 6.45) is 3.57. The van der Waals surface area contributed by atoms with Gasteiger partial charge in [-0.3, -0.25) is 0 Å². The van der Waals surface area contributed by atoms with E-state index < -0.39 is 0 Å². The fourth-order valence-electron chi connectivity index (χ4n) is 1.48. The van der Waals surface area contributed by atoms with E-state index in [2.05, 4.69) is 51.5 Å². The van der Waals surface area contributed by atoms with Crippen LogP contribution >= 0.6 is 0 Å². The van der Waals surface area contributed by atoms with Crippen LogP contribution in [0.25, 0.3) is 0 Å². The van der Waals surface area contributed by atoms with Gasteiger partial charge >= 0.3 is 0 Å². The van der Waals surface area contributed by atoms with Gasteiger partial charge in [0.2, 0.25) is 0 Å². The minimum absolute atomic E-state index is 0. The van der Waals surface area contributed by atoms with E-state index in [9.17, 15) is 0 Å². The molecule has 2 nitrogen and oxygen atoms in total. The topological polar surface area (TPSA) is 25.8 Å². The van der Waals surface area contributed by atoms with Crippen LogP contribution in [-0.4, -0.2) is 9.97 Å². The molecule has 0 radical (unpaired) electrons. The van der Waals surface area contributed by atoms with Gasteiger partial charge in [0, 0.05) is 11.6 Å². The van der Waals surface area contributed by atoms with Crippen LogP contribution in [0.2, 0.25) is 0 Å². The van der Waals surface area contributed by atoms with Crippen molar-refractivity contribution in [3.05, 3.63) is 23.8 Å². The normalized spacial score (nSPS) is 10.4. The molecule has 0 N–H and O–H groups in total. The zero-order chi connectivity index (χ0) is 13.0. The van der Waals surface area contributed by atoms with Crippen LogP contribution in [0.15, 0.2) is 12.5 Å². The molecule has 0 fully saturated rings. The highest BCUT2D eigenvalue weighted by molar-refractivity contribution is 5.29. The minimum atomic E-state index is 0. The average molecular weight is 254 g/mol. The molecule has 0 aliphatic carbocycles. The van der Waals surface area contributed by atoms with E-state index in [4.69, 9.17) is 0 Å². The maximum absolute atomic E-state index is 4.41. The zero-order valence-electron chi connectivity index (χ0n) is 12.0. The summed E-state index contributed by atoms with van der Waals surface area (Å²) in [5.41, 5.74) is 2.60. The Balaban J connectivity index is -0.000000534. The Bertz CT molecular complexity index is 284. The van der Waals surface area contributed by atoms with Gasteiger partial charge in [-0.05, 0) is 11.0 Å². The predicted octanol–water partition coefficient (Wildman–Crippen LogP) is 5.37. The third kappa shape index (κ3) is 6.13. The lowest BCUT2D eigenvalue weighted by Crippen LogP contribution is -2.23. The van der Waals surface area contributed by atoms with E-state index in [-0.39, 0.29) is 25.7 Å². The first-order valence-corrected chi connectivity index (χ1v) is 6.04. The number of rotatable bonds is 0. The maximum atomic E-state index is 4.41. The molecule has 1 heterocycles. The molecular weight excluding hydrogens is 220 g/mol. The van der Waals surface area contributed by atoms with Gasteiger partial charge in [-0.25, -0.2) is 9.97 Å². The van der Waals surface area contributed by atoms with Gasteiger partial charge in [0.15, 0.2) is 0 Å². The molecule has 1 aromatic heterocycles. The van der Waals surface area contributed by atoms with Gasteiger partial charge < -0.3 is 0 Å². The minimum Gasteiger partial charge on any atom is -0.244 e. The molecule has 0 aliphatic rings. The van der Waals surface area contributed by atoms with Crippen molar-refractivity contribution in [3.63, 3.8) is 0 Å². The molecule has 2 heteroatoms. The maximum Gasteiger partial charge on any atom is 0.115 e. The van der Waals surface area contributed by atoms with Crippen molar-refractivity contribution in [2.75, 3.05) is 0 Å². The molecule has 108 valence electrons. The van der Waals surface area contributed by atoms with Crippen LogP contribution < -0.4 is 0 Å². The fourth-order valence-corrected chi connectivity index (χ4v) is 1.48. The molecule has 0 spiro atoms. The van der Waals surface area contributed by atoms with E-state index in [1.54, 1.807) is 6.33 Å². The summed E-state index contributed by atoms with van der Waals surface area (Å²) in [7, 11) is 0. The van der Waals surface area contributed by atoms with Crippen LogP contribution in [0.1, 0.15) is 81.5 Å². The van der Waals surface area contributed by atoms with Gasteiger partial charge in [0.1, 0.15) is 6.33 Å². The highest BCUT2D eigenvalue weighted by Gasteiger charge is 2.26. The van der Waals surface area contributed by atoms with Crippen molar-refractivity contribution in [2.24, 2.45) is 0 Å². The van der Waals surface area contributed by atoms with Gasteiger partial charge in [-0.1, -0.05) is 70.2 Å².